The lowest BCUT2D eigenvalue weighted by Gasteiger charge is -2.43. The van der Waals surface area contributed by atoms with Gasteiger partial charge in [-0.1, -0.05) is 13.0 Å². The Hall–Kier alpha value is -4.69. The number of carbonyl (C=O) groups excluding carboxylic acids is 2. The van der Waals surface area contributed by atoms with Gasteiger partial charge < -0.3 is 24.1 Å². The van der Waals surface area contributed by atoms with E-state index in [1.54, 1.807) is 18.7 Å². The second-order valence-corrected chi connectivity index (χ2v) is 10.8. The molecule has 15 heteroatoms. The first kappa shape index (κ1) is 35.2. The lowest BCUT2D eigenvalue weighted by molar-refractivity contribution is -0.143. The average Bonchev–Trinajstić information content (AvgIpc) is 3.05. The van der Waals surface area contributed by atoms with Gasteiger partial charge in [0.05, 0.1) is 55.2 Å². The first-order chi connectivity index (χ1) is 22.5. The number of halogens is 4. The van der Waals surface area contributed by atoms with Gasteiger partial charge in [-0.05, 0) is 62.4 Å². The highest BCUT2D eigenvalue weighted by Crippen LogP contribution is 2.42. The van der Waals surface area contributed by atoms with Gasteiger partial charge in [-0.2, -0.15) is 13.2 Å². The van der Waals surface area contributed by atoms with Crippen LogP contribution in [0.1, 0.15) is 74.9 Å². The number of nitrogens with one attached hydrogen (secondary N) is 1. The molecule has 0 unspecified atom stereocenters. The third-order valence-corrected chi connectivity index (χ3v) is 7.55. The van der Waals surface area contributed by atoms with Gasteiger partial charge >= 0.3 is 18.2 Å². The topological polar surface area (TPSA) is 127 Å². The summed E-state index contributed by atoms with van der Waals surface area (Å²) in [5.74, 6) is 0.0263. The number of benzene rings is 1. The van der Waals surface area contributed by atoms with E-state index in [1.165, 1.54) is 35.5 Å². The lowest BCUT2D eigenvalue weighted by atomic mass is 9.92. The van der Waals surface area contributed by atoms with Crippen molar-refractivity contribution in [2.45, 2.75) is 77.9 Å². The molecular formula is C32H37F4N5O6. The second-order valence-electron chi connectivity index (χ2n) is 10.8. The van der Waals surface area contributed by atoms with E-state index in [4.69, 9.17) is 14.2 Å². The van der Waals surface area contributed by atoms with Gasteiger partial charge in [0, 0.05) is 25.1 Å². The summed E-state index contributed by atoms with van der Waals surface area (Å²) >= 11 is 0. The van der Waals surface area contributed by atoms with E-state index in [0.717, 1.165) is 12.1 Å². The Kier molecular flexibility index (Phi) is 11.8. The van der Waals surface area contributed by atoms with Crippen LogP contribution < -0.4 is 20.1 Å². The van der Waals surface area contributed by atoms with Crippen LogP contribution in [-0.2, 0) is 33.7 Å². The van der Waals surface area contributed by atoms with Crippen LogP contribution in [0, 0.1) is 0 Å². The quantitative estimate of drug-likeness (QED) is 0.128. The average molecular weight is 664 g/mol. The molecule has 254 valence electrons. The molecule has 0 bridgehead atoms. The van der Waals surface area contributed by atoms with E-state index in [9.17, 15) is 31.9 Å². The number of ether oxygens (including phenoxy) is 3. The van der Waals surface area contributed by atoms with Gasteiger partial charge in [-0.3, -0.25) is 14.5 Å². The van der Waals surface area contributed by atoms with Gasteiger partial charge in [0.15, 0.2) is 5.75 Å². The van der Waals surface area contributed by atoms with Crippen molar-refractivity contribution in [2.75, 3.05) is 29.6 Å². The van der Waals surface area contributed by atoms with Crippen LogP contribution in [0.25, 0.3) is 0 Å². The van der Waals surface area contributed by atoms with Crippen molar-refractivity contribution in [2.24, 2.45) is 0 Å². The number of nitrogens with zero attached hydrogens (tertiary/aromatic N) is 4. The van der Waals surface area contributed by atoms with Crippen LogP contribution in [0.4, 0.5) is 34.0 Å². The smallest absolute Gasteiger partial charge is 0.416 e. The fraction of sp³-hybridized carbons (Fsp3) is 0.469. The van der Waals surface area contributed by atoms with Crippen LogP contribution in [0.3, 0.4) is 0 Å². The summed E-state index contributed by atoms with van der Waals surface area (Å²) in [6.07, 6.45) is -1.28. The molecule has 3 aromatic rings. The minimum Gasteiger partial charge on any atom is -0.490 e. The Balaban J connectivity index is 1.75. The summed E-state index contributed by atoms with van der Waals surface area (Å²) < 4.78 is 71.0. The summed E-state index contributed by atoms with van der Waals surface area (Å²) in [5.41, 5.74) is -0.802. The highest BCUT2D eigenvalue weighted by atomic mass is 19.4. The number of alkyl halides is 4. The highest BCUT2D eigenvalue weighted by Gasteiger charge is 2.40. The van der Waals surface area contributed by atoms with Gasteiger partial charge in [-0.15, -0.1) is 0 Å². The lowest BCUT2D eigenvalue weighted by Crippen LogP contribution is -2.49. The van der Waals surface area contributed by atoms with Crippen LogP contribution >= 0.6 is 0 Å². The van der Waals surface area contributed by atoms with Crippen molar-refractivity contribution < 1.29 is 41.4 Å². The van der Waals surface area contributed by atoms with Crippen molar-refractivity contribution in [3.05, 3.63) is 75.5 Å². The zero-order valence-corrected chi connectivity index (χ0v) is 26.3. The molecule has 1 aliphatic rings. The Morgan fingerprint density at radius 1 is 1.04 bits per heavy atom. The largest absolute Gasteiger partial charge is 0.490 e. The summed E-state index contributed by atoms with van der Waals surface area (Å²) in [6, 6.07) is 4.65. The molecule has 2 atom stereocenters. The second kappa shape index (κ2) is 15.7. The minimum absolute atomic E-state index is 0.0863. The van der Waals surface area contributed by atoms with Crippen molar-refractivity contribution in [3.8, 4) is 5.75 Å². The number of H-pyrrole nitrogens is 1. The molecule has 1 aromatic carbocycles. The molecule has 47 heavy (non-hydrogen) atoms. The number of carbonyl (C=O) groups is 2. The standard InChI is InChI=1S/C32H37F4N5O6/c1-4-23-15-26(29-25(9-10-27(42)39-29)41(23)31(44)46-6-3)40(19-21-12-20(16-33)13-22(14-21)32(34,35)36)30-37-17-24(18-38-30)47-11-7-8-28(43)45-5-2/h9-10,12-14,17-18,23,26H,4-8,11,15-16,19H2,1-3H3,(H,39,42)/t23-,26+/m1/s1. The molecule has 4 rings (SSSR count). The number of fused-ring (bicyclic) bond motifs is 1. The first-order valence-corrected chi connectivity index (χ1v) is 15.3. The molecule has 1 amide bonds. The predicted octanol–water partition coefficient (Wildman–Crippen LogP) is 6.27. The molecular weight excluding hydrogens is 626 g/mol. The van der Waals surface area contributed by atoms with Crippen molar-refractivity contribution >= 4 is 23.7 Å². The van der Waals surface area contributed by atoms with E-state index in [2.05, 4.69) is 15.0 Å². The highest BCUT2D eigenvalue weighted by molar-refractivity contribution is 5.90. The van der Waals surface area contributed by atoms with Gasteiger partial charge in [0.2, 0.25) is 11.5 Å². The van der Waals surface area contributed by atoms with E-state index >= 15 is 0 Å². The van der Waals surface area contributed by atoms with Gasteiger partial charge in [-0.25, -0.2) is 19.2 Å². The number of amides is 1. The molecule has 11 nitrogen and oxygen atoms in total. The predicted molar refractivity (Wildman–Crippen MR) is 164 cm³/mol. The van der Waals surface area contributed by atoms with E-state index in [1.807, 2.05) is 6.92 Å². The fourth-order valence-corrected chi connectivity index (χ4v) is 5.48. The SMILES string of the molecule is CCOC(=O)CCCOc1cnc(N(Cc2cc(CF)cc(C(F)(F)F)c2)[C@H]2C[C@@H](CC)N(C(=O)OCC)c3ccc(=O)[nH]c32)nc1. The Morgan fingerprint density at radius 3 is 2.38 bits per heavy atom. The van der Waals surface area contributed by atoms with E-state index in [0.29, 0.717) is 24.2 Å². The Morgan fingerprint density at radius 2 is 1.74 bits per heavy atom. The molecule has 0 saturated heterocycles. The van der Waals surface area contributed by atoms with Crippen molar-refractivity contribution in [3.63, 3.8) is 0 Å². The summed E-state index contributed by atoms with van der Waals surface area (Å²) in [5, 5.41) is 0. The minimum atomic E-state index is -4.72. The third kappa shape index (κ3) is 8.77. The maximum atomic E-state index is 13.8. The monoisotopic (exact) mass is 663 g/mol. The summed E-state index contributed by atoms with van der Waals surface area (Å²) in [4.78, 5) is 52.0. The summed E-state index contributed by atoms with van der Waals surface area (Å²) in [7, 11) is 0. The molecule has 1 N–H and O–H groups in total. The van der Waals surface area contributed by atoms with Gasteiger partial charge in [0.25, 0.3) is 0 Å². The number of hydrogen-bond donors (Lipinski definition) is 1. The molecule has 1 aliphatic heterocycles. The number of aromatic amines is 1. The number of pyridine rings is 1. The summed E-state index contributed by atoms with van der Waals surface area (Å²) in [6.45, 7) is 4.53. The maximum absolute atomic E-state index is 13.8. The van der Waals surface area contributed by atoms with Crippen molar-refractivity contribution in [1.29, 1.82) is 0 Å². The van der Waals surface area contributed by atoms with Crippen LogP contribution in [0.5, 0.6) is 5.75 Å². The number of rotatable bonds is 13. The molecule has 0 spiro atoms. The molecule has 0 aliphatic carbocycles. The van der Waals surface area contributed by atoms with Crippen LogP contribution in [0.2, 0.25) is 0 Å². The molecule has 2 aromatic heterocycles. The number of anilines is 2. The molecule has 0 radical (unpaired) electrons. The number of esters is 1. The molecule has 0 fully saturated rings. The fourth-order valence-electron chi connectivity index (χ4n) is 5.48. The Bertz CT molecular complexity index is 1580. The number of hydrogen-bond acceptors (Lipinski definition) is 9. The zero-order chi connectivity index (χ0) is 34.1. The molecule has 0 saturated carbocycles. The van der Waals surface area contributed by atoms with Crippen LogP contribution in [-0.4, -0.2) is 52.9 Å². The normalized spacial score (nSPS) is 15.9. The first-order valence-electron chi connectivity index (χ1n) is 15.3. The van der Waals surface area contributed by atoms with Gasteiger partial charge in [0.1, 0.15) is 6.67 Å². The molecule has 3 heterocycles. The Labute approximate surface area is 268 Å². The maximum Gasteiger partial charge on any atom is 0.416 e. The van der Waals surface area contributed by atoms with E-state index in [-0.39, 0.29) is 68.0 Å². The zero-order valence-electron chi connectivity index (χ0n) is 26.3. The third-order valence-electron chi connectivity index (χ3n) is 7.55. The van der Waals surface area contributed by atoms with E-state index < -0.39 is 42.2 Å². The number of aromatic nitrogens is 3. The van der Waals surface area contributed by atoms with Crippen LogP contribution in [0.15, 0.2) is 47.5 Å². The van der Waals surface area contributed by atoms with Crippen molar-refractivity contribution in [1.82, 2.24) is 15.0 Å².